The van der Waals surface area contributed by atoms with Gasteiger partial charge in [0.1, 0.15) is 12.4 Å². The zero-order valence-electron chi connectivity index (χ0n) is 11.2. The maximum atomic E-state index is 11.8. The fourth-order valence-corrected chi connectivity index (χ4v) is 1.87. The summed E-state index contributed by atoms with van der Waals surface area (Å²) in [4.78, 5) is 0. The summed E-state index contributed by atoms with van der Waals surface area (Å²) in [6.07, 6.45) is -2.42. The van der Waals surface area contributed by atoms with Gasteiger partial charge in [-0.3, -0.25) is 0 Å². The Hall–Kier alpha value is -1.66. The quantitative estimate of drug-likeness (QED) is 0.757. The lowest BCUT2D eigenvalue weighted by atomic mass is 10.2. The number of hydrogen-bond donors (Lipinski definition) is 1. The van der Waals surface area contributed by atoms with Gasteiger partial charge in [-0.1, -0.05) is 12.1 Å². The van der Waals surface area contributed by atoms with E-state index in [-0.39, 0.29) is 6.61 Å². The van der Waals surface area contributed by atoms with Crippen molar-refractivity contribution in [1.82, 2.24) is 5.32 Å². The Balaban J connectivity index is 1.82. The molecule has 1 aromatic heterocycles. The molecular formula is C14H17F2NO3. The predicted octanol–water partition coefficient (Wildman–Crippen LogP) is 2.81. The van der Waals surface area contributed by atoms with Crippen molar-refractivity contribution in [3.8, 4) is 5.75 Å². The molecule has 20 heavy (non-hydrogen) atoms. The molecule has 0 aliphatic rings. The molecule has 1 N–H and O–H groups in total. The number of halogens is 2. The van der Waals surface area contributed by atoms with E-state index in [1.54, 1.807) is 7.11 Å². The maximum Gasteiger partial charge on any atom is 0.261 e. The molecule has 1 aromatic carbocycles. The van der Waals surface area contributed by atoms with Crippen LogP contribution in [0.2, 0.25) is 0 Å². The lowest BCUT2D eigenvalue weighted by Crippen LogP contribution is -2.20. The van der Waals surface area contributed by atoms with Gasteiger partial charge >= 0.3 is 0 Å². The van der Waals surface area contributed by atoms with Crippen LogP contribution in [-0.2, 0) is 11.3 Å². The molecule has 0 atom stereocenters. The normalized spacial score (nSPS) is 11.4. The topological polar surface area (TPSA) is 43.6 Å². The maximum absolute atomic E-state index is 11.8. The van der Waals surface area contributed by atoms with E-state index in [1.807, 2.05) is 24.3 Å². The van der Waals surface area contributed by atoms with Gasteiger partial charge in [0, 0.05) is 11.9 Å². The van der Waals surface area contributed by atoms with Gasteiger partial charge in [0.25, 0.3) is 6.43 Å². The number of nitrogens with one attached hydrogen (secondary N) is 1. The fourth-order valence-electron chi connectivity index (χ4n) is 1.87. The van der Waals surface area contributed by atoms with Crippen molar-refractivity contribution < 1.29 is 22.7 Å². The minimum atomic E-state index is -2.42. The number of fused-ring (bicyclic) bond motifs is 1. The van der Waals surface area contributed by atoms with Gasteiger partial charge in [0.2, 0.25) is 0 Å². The molecule has 110 valence electrons. The van der Waals surface area contributed by atoms with Gasteiger partial charge in [0.15, 0.2) is 11.3 Å². The Bertz CT molecular complexity index is 542. The summed E-state index contributed by atoms with van der Waals surface area (Å²) in [5.41, 5.74) is 0.709. The van der Waals surface area contributed by atoms with Crippen LogP contribution in [0.4, 0.5) is 8.78 Å². The minimum Gasteiger partial charge on any atom is -0.493 e. The standard InChI is InChI=1S/C14H17F2NO3/c1-18-12-4-2-3-10-7-11(20-14(10)12)8-17-5-6-19-9-13(15)16/h2-4,7,13,17H,5-6,8-9H2,1H3. The number of methoxy groups -OCH3 is 1. The molecule has 1 heterocycles. The highest BCUT2D eigenvalue weighted by molar-refractivity contribution is 5.83. The summed E-state index contributed by atoms with van der Waals surface area (Å²) >= 11 is 0. The molecule has 4 nitrogen and oxygen atoms in total. The van der Waals surface area contributed by atoms with Crippen LogP contribution in [0.25, 0.3) is 11.0 Å². The first kappa shape index (κ1) is 14.7. The third-order valence-corrected chi connectivity index (χ3v) is 2.75. The van der Waals surface area contributed by atoms with Crippen LogP contribution >= 0.6 is 0 Å². The van der Waals surface area contributed by atoms with Gasteiger partial charge in [-0.2, -0.15) is 0 Å². The second-order valence-corrected chi connectivity index (χ2v) is 4.23. The Kier molecular flexibility index (Phi) is 5.31. The number of alkyl halides is 2. The van der Waals surface area contributed by atoms with Crippen LogP contribution in [0.1, 0.15) is 5.76 Å². The van der Waals surface area contributed by atoms with Crippen molar-refractivity contribution >= 4 is 11.0 Å². The molecule has 0 unspecified atom stereocenters. The Labute approximate surface area is 115 Å². The first-order chi connectivity index (χ1) is 9.70. The first-order valence-electron chi connectivity index (χ1n) is 6.32. The van der Waals surface area contributed by atoms with Crippen LogP contribution in [0.15, 0.2) is 28.7 Å². The average molecular weight is 285 g/mol. The smallest absolute Gasteiger partial charge is 0.261 e. The van der Waals surface area contributed by atoms with Crippen LogP contribution in [0.3, 0.4) is 0 Å². The molecule has 2 rings (SSSR count). The van der Waals surface area contributed by atoms with E-state index in [0.29, 0.717) is 24.4 Å². The molecule has 0 saturated carbocycles. The third kappa shape index (κ3) is 3.91. The van der Waals surface area contributed by atoms with Crippen LogP contribution < -0.4 is 10.1 Å². The zero-order chi connectivity index (χ0) is 14.4. The van der Waals surface area contributed by atoms with Crippen molar-refractivity contribution in [2.75, 3.05) is 26.9 Å². The highest BCUT2D eigenvalue weighted by Crippen LogP contribution is 2.28. The summed E-state index contributed by atoms with van der Waals surface area (Å²) in [5.74, 6) is 1.45. The molecule has 0 bridgehead atoms. The van der Waals surface area contributed by atoms with Crippen molar-refractivity contribution in [2.45, 2.75) is 13.0 Å². The van der Waals surface area contributed by atoms with Crippen molar-refractivity contribution in [3.63, 3.8) is 0 Å². The fraction of sp³-hybridized carbons (Fsp3) is 0.429. The van der Waals surface area contributed by atoms with E-state index < -0.39 is 13.0 Å². The number of benzene rings is 1. The molecule has 0 aliphatic carbocycles. The summed E-state index contributed by atoms with van der Waals surface area (Å²) < 4.78 is 39.3. The molecule has 0 fully saturated rings. The van der Waals surface area contributed by atoms with Gasteiger partial charge in [-0.05, 0) is 12.1 Å². The summed E-state index contributed by atoms with van der Waals surface area (Å²) in [7, 11) is 1.59. The second-order valence-electron chi connectivity index (χ2n) is 4.23. The third-order valence-electron chi connectivity index (χ3n) is 2.75. The number of para-hydroxylation sites is 1. The molecule has 0 saturated heterocycles. The van der Waals surface area contributed by atoms with Crippen LogP contribution in [0, 0.1) is 0 Å². The van der Waals surface area contributed by atoms with Crippen molar-refractivity contribution in [3.05, 3.63) is 30.0 Å². The SMILES string of the molecule is COc1cccc2cc(CNCCOCC(F)F)oc12. The van der Waals surface area contributed by atoms with E-state index >= 15 is 0 Å². The Morgan fingerprint density at radius 1 is 1.35 bits per heavy atom. The second kappa shape index (κ2) is 7.21. The van der Waals surface area contributed by atoms with E-state index in [2.05, 4.69) is 5.32 Å². The van der Waals surface area contributed by atoms with E-state index in [1.165, 1.54) is 0 Å². The van der Waals surface area contributed by atoms with Gasteiger partial charge in [0.05, 0.1) is 20.3 Å². The van der Waals surface area contributed by atoms with Gasteiger partial charge in [-0.25, -0.2) is 8.78 Å². The lowest BCUT2D eigenvalue weighted by Gasteiger charge is -2.04. The monoisotopic (exact) mass is 285 g/mol. The van der Waals surface area contributed by atoms with Gasteiger partial charge < -0.3 is 19.2 Å². The highest BCUT2D eigenvalue weighted by Gasteiger charge is 2.08. The average Bonchev–Trinajstić information content (AvgIpc) is 2.84. The molecule has 6 heteroatoms. The molecule has 0 spiro atoms. The van der Waals surface area contributed by atoms with Crippen LogP contribution in [0.5, 0.6) is 5.75 Å². The summed E-state index contributed by atoms with van der Waals surface area (Å²) in [6, 6.07) is 7.59. The Morgan fingerprint density at radius 2 is 2.20 bits per heavy atom. The summed E-state index contributed by atoms with van der Waals surface area (Å²) in [5, 5.41) is 4.04. The molecule has 2 aromatic rings. The van der Waals surface area contributed by atoms with E-state index in [9.17, 15) is 8.78 Å². The summed E-state index contributed by atoms with van der Waals surface area (Å²) in [6.45, 7) is 0.716. The molecule has 0 aliphatic heterocycles. The number of rotatable bonds is 8. The van der Waals surface area contributed by atoms with Crippen LogP contribution in [-0.4, -0.2) is 33.3 Å². The van der Waals surface area contributed by atoms with Crippen molar-refractivity contribution in [1.29, 1.82) is 0 Å². The first-order valence-corrected chi connectivity index (χ1v) is 6.32. The number of furan rings is 1. The Morgan fingerprint density at radius 3 is 2.95 bits per heavy atom. The molecule has 0 amide bonds. The minimum absolute atomic E-state index is 0.244. The lowest BCUT2D eigenvalue weighted by molar-refractivity contribution is 0.0186. The predicted molar refractivity (Wildman–Crippen MR) is 71.3 cm³/mol. The van der Waals surface area contributed by atoms with E-state index in [4.69, 9.17) is 13.9 Å². The van der Waals surface area contributed by atoms with E-state index in [0.717, 1.165) is 11.1 Å². The number of ether oxygens (including phenoxy) is 2. The molecular weight excluding hydrogens is 268 g/mol. The number of hydrogen-bond acceptors (Lipinski definition) is 4. The van der Waals surface area contributed by atoms with Gasteiger partial charge in [-0.15, -0.1) is 0 Å². The zero-order valence-corrected chi connectivity index (χ0v) is 11.2. The largest absolute Gasteiger partial charge is 0.493 e. The highest BCUT2D eigenvalue weighted by atomic mass is 19.3. The molecule has 0 radical (unpaired) electrons. The van der Waals surface area contributed by atoms with Crippen molar-refractivity contribution in [2.24, 2.45) is 0 Å².